The molecule has 0 radical (unpaired) electrons. The number of fused-ring (bicyclic) bond motifs is 4. The lowest BCUT2D eigenvalue weighted by Crippen LogP contribution is -2.02. The Hall–Kier alpha value is -3.49. The van der Waals surface area contributed by atoms with Crippen LogP contribution in [0, 0.1) is 0 Å². The number of rotatable bonds is 3. The summed E-state index contributed by atoms with van der Waals surface area (Å²) in [6.07, 6.45) is 3.80. The van der Waals surface area contributed by atoms with Gasteiger partial charge in [0.1, 0.15) is 10.7 Å². The summed E-state index contributed by atoms with van der Waals surface area (Å²) in [6.45, 7) is 1.71. The van der Waals surface area contributed by atoms with Crippen LogP contribution < -0.4 is 4.74 Å². The van der Waals surface area contributed by atoms with E-state index in [-0.39, 0.29) is 20.3 Å². The van der Waals surface area contributed by atoms with Crippen molar-refractivity contribution in [3.8, 4) is 5.75 Å². The van der Waals surface area contributed by atoms with Gasteiger partial charge in [0.25, 0.3) is 0 Å². The van der Waals surface area contributed by atoms with Crippen LogP contribution in [0.3, 0.4) is 0 Å². The van der Waals surface area contributed by atoms with Gasteiger partial charge in [0.2, 0.25) is 25.5 Å². The smallest absolute Gasteiger partial charge is 0.211 e. The van der Waals surface area contributed by atoms with Crippen LogP contribution in [0.25, 0.3) is 16.3 Å². The molecule has 3 aromatic rings. The molecule has 0 aliphatic carbocycles. The van der Waals surface area contributed by atoms with Crippen molar-refractivity contribution in [3.05, 3.63) is 93.8 Å². The summed E-state index contributed by atoms with van der Waals surface area (Å²) in [4.78, 5) is 12.5. The molecule has 3 aromatic carbocycles. The van der Waals surface area contributed by atoms with Gasteiger partial charge in [-0.25, -0.2) is 16.8 Å². The lowest BCUT2D eigenvalue weighted by atomic mass is 10.0. The molecule has 0 saturated heterocycles. The number of allylic oxidation sites excluding steroid dienone is 5. The summed E-state index contributed by atoms with van der Waals surface area (Å²) < 4.78 is 57.6. The van der Waals surface area contributed by atoms with Crippen molar-refractivity contribution < 1.29 is 26.4 Å². The van der Waals surface area contributed by atoms with Crippen LogP contribution in [0.15, 0.2) is 92.4 Å². The average molecular weight is 479 g/mol. The second kappa shape index (κ2) is 7.26. The fourth-order valence-electron chi connectivity index (χ4n) is 4.29. The Kier molecular flexibility index (Phi) is 4.70. The van der Waals surface area contributed by atoms with E-state index in [1.165, 1.54) is 37.5 Å². The Morgan fingerprint density at radius 3 is 2.36 bits per heavy atom. The maximum Gasteiger partial charge on any atom is 0.211 e. The number of methoxy groups -OCH3 is 1. The summed E-state index contributed by atoms with van der Waals surface area (Å²) in [5.41, 5.74) is 1.25. The number of ketones is 1. The van der Waals surface area contributed by atoms with Gasteiger partial charge < -0.3 is 4.74 Å². The number of sulfone groups is 2. The summed E-state index contributed by atoms with van der Waals surface area (Å²) in [6, 6.07) is 15.1. The van der Waals surface area contributed by atoms with Crippen LogP contribution >= 0.6 is 0 Å². The summed E-state index contributed by atoms with van der Waals surface area (Å²) in [5.74, 6) is -0.309. The maximum atomic E-state index is 13.3. The summed E-state index contributed by atoms with van der Waals surface area (Å²) in [7, 11) is -6.44. The predicted octanol–water partition coefficient (Wildman–Crippen LogP) is 4.48. The van der Waals surface area contributed by atoms with Crippen LogP contribution in [-0.2, 0) is 19.7 Å². The van der Waals surface area contributed by atoms with Crippen molar-refractivity contribution in [3.63, 3.8) is 0 Å². The van der Waals surface area contributed by atoms with Gasteiger partial charge in [-0.1, -0.05) is 42.5 Å². The Balaban J connectivity index is 1.57. The lowest BCUT2D eigenvalue weighted by Gasteiger charge is -2.05. The quantitative estimate of drug-likeness (QED) is 0.515. The minimum Gasteiger partial charge on any atom is -0.497 e. The fourth-order valence-corrected chi connectivity index (χ4v) is 7.83. The highest BCUT2D eigenvalue weighted by atomic mass is 32.2. The van der Waals surface area contributed by atoms with Crippen molar-refractivity contribution in [1.82, 2.24) is 0 Å². The average Bonchev–Trinajstić information content (AvgIpc) is 3.12. The molecule has 0 amide bonds. The number of hydrogen-bond acceptors (Lipinski definition) is 6. The van der Waals surface area contributed by atoms with Crippen LogP contribution in [-0.4, -0.2) is 29.7 Å². The van der Waals surface area contributed by atoms with E-state index in [4.69, 9.17) is 4.74 Å². The highest BCUT2D eigenvalue weighted by Gasteiger charge is 2.39. The van der Waals surface area contributed by atoms with E-state index in [1.807, 2.05) is 18.2 Å². The number of benzene rings is 3. The predicted molar refractivity (Wildman–Crippen MR) is 125 cm³/mol. The van der Waals surface area contributed by atoms with Crippen LogP contribution in [0.5, 0.6) is 5.75 Å². The largest absolute Gasteiger partial charge is 0.497 e. The van der Waals surface area contributed by atoms with E-state index < -0.39 is 30.4 Å². The highest BCUT2D eigenvalue weighted by Crippen LogP contribution is 2.43. The number of ether oxygens (including phenoxy) is 1. The Morgan fingerprint density at radius 1 is 0.879 bits per heavy atom. The first kappa shape index (κ1) is 21.4. The zero-order valence-corrected chi connectivity index (χ0v) is 19.3. The van der Waals surface area contributed by atoms with Gasteiger partial charge in [-0.05, 0) is 53.8 Å². The van der Waals surface area contributed by atoms with E-state index in [9.17, 15) is 21.6 Å². The van der Waals surface area contributed by atoms with Crippen LogP contribution in [0.1, 0.15) is 22.8 Å². The molecular weight excluding hydrogens is 460 g/mol. The molecule has 5 rings (SSSR count). The van der Waals surface area contributed by atoms with E-state index in [0.29, 0.717) is 22.3 Å². The Bertz CT molecular complexity index is 1690. The highest BCUT2D eigenvalue weighted by molar-refractivity contribution is 7.97. The Morgan fingerprint density at radius 2 is 1.61 bits per heavy atom. The summed E-state index contributed by atoms with van der Waals surface area (Å²) in [5, 5.41) is 1.45. The van der Waals surface area contributed by atoms with Crippen molar-refractivity contribution in [2.75, 3.05) is 7.11 Å². The third-order valence-corrected chi connectivity index (χ3v) is 9.76. The van der Waals surface area contributed by atoms with Crippen LogP contribution in [0.2, 0.25) is 0 Å². The molecule has 0 atom stereocenters. The van der Waals surface area contributed by atoms with E-state index >= 15 is 0 Å². The molecule has 2 aliphatic rings. The fraction of sp³-hybridized carbons (Fsp3) is 0.0800. The molecule has 2 heterocycles. The number of Topliss-reactive ketones (excluding diaryl/α,β-unsaturated/α-hetero) is 1. The number of hydrogen-bond donors (Lipinski definition) is 0. The van der Waals surface area contributed by atoms with Crippen molar-refractivity contribution in [1.29, 1.82) is 0 Å². The second-order valence-corrected chi connectivity index (χ2v) is 11.5. The van der Waals surface area contributed by atoms with Gasteiger partial charge >= 0.3 is 0 Å². The van der Waals surface area contributed by atoms with Gasteiger partial charge in [-0.2, -0.15) is 0 Å². The first-order valence-corrected chi connectivity index (χ1v) is 13.0. The number of carbonyl (C=O) groups excluding carboxylic acids is 1. The molecule has 166 valence electrons. The molecule has 0 fully saturated rings. The zero-order chi connectivity index (χ0) is 23.5. The molecular formula is C25H18O6S2. The molecule has 33 heavy (non-hydrogen) atoms. The minimum absolute atomic E-state index is 0.0678. The summed E-state index contributed by atoms with van der Waals surface area (Å²) >= 11 is 0. The van der Waals surface area contributed by atoms with Gasteiger partial charge in [-0.15, -0.1) is 0 Å². The normalized spacial score (nSPS) is 19.5. The minimum atomic E-state index is -4.03. The molecule has 0 N–H and O–H groups in total. The monoisotopic (exact) mass is 478 g/mol. The topological polar surface area (TPSA) is 94.6 Å². The van der Waals surface area contributed by atoms with Gasteiger partial charge in [0.05, 0.1) is 21.8 Å². The standard InChI is InChI=1S/C25H18O6S2/c1-15-18-12-10-16-6-3-4-7-19(16)25(18)33(29,30)21(15)8-5-9-22-24(26)20-13-11-17(31-2)14-23(20)32(22,27)28/h3-14H,1-2H3/b8-5+,22-9-. The molecule has 0 unspecified atom stereocenters. The van der Waals surface area contributed by atoms with Gasteiger partial charge in [0.15, 0.2) is 0 Å². The third-order valence-electron chi connectivity index (χ3n) is 5.94. The molecule has 0 saturated carbocycles. The second-order valence-electron chi connectivity index (χ2n) is 7.74. The van der Waals surface area contributed by atoms with Crippen LogP contribution in [0.4, 0.5) is 0 Å². The molecule has 0 bridgehead atoms. The van der Waals surface area contributed by atoms with E-state index in [0.717, 1.165) is 11.5 Å². The first-order chi connectivity index (χ1) is 15.7. The van der Waals surface area contributed by atoms with Crippen molar-refractivity contribution in [2.45, 2.75) is 16.7 Å². The Labute approximate surface area is 191 Å². The molecule has 0 aromatic heterocycles. The molecule has 0 spiro atoms. The zero-order valence-electron chi connectivity index (χ0n) is 17.7. The van der Waals surface area contributed by atoms with Crippen molar-refractivity contribution >= 4 is 41.8 Å². The first-order valence-electron chi connectivity index (χ1n) is 10.0. The van der Waals surface area contributed by atoms with Gasteiger partial charge in [-0.3, -0.25) is 4.79 Å². The lowest BCUT2D eigenvalue weighted by molar-refractivity contribution is 0.104. The maximum absolute atomic E-state index is 13.3. The molecule has 8 heteroatoms. The van der Waals surface area contributed by atoms with Gasteiger partial charge in [0, 0.05) is 10.9 Å². The van der Waals surface area contributed by atoms with E-state index in [1.54, 1.807) is 25.1 Å². The van der Waals surface area contributed by atoms with E-state index in [2.05, 4.69) is 0 Å². The SMILES string of the molecule is COc1ccc2c(c1)S(=O)(=O)/C(=C\C=C\C1=C(C)c3ccc4ccccc4c3S1(=O)=O)C2=O. The third kappa shape index (κ3) is 3.02. The molecule has 6 nitrogen and oxygen atoms in total. The molecule has 2 aliphatic heterocycles. The van der Waals surface area contributed by atoms with Crippen molar-refractivity contribution in [2.24, 2.45) is 0 Å². The number of carbonyl (C=O) groups is 1.